The quantitative estimate of drug-likeness (QED) is 0.748. The Morgan fingerprint density at radius 1 is 1.26 bits per heavy atom. The van der Waals surface area contributed by atoms with Crippen LogP contribution in [0.4, 0.5) is 0 Å². The molecule has 1 aliphatic carbocycles. The molecule has 0 amide bonds. The molecule has 0 saturated heterocycles. The predicted molar refractivity (Wildman–Crippen MR) is 74.8 cm³/mol. The van der Waals surface area contributed by atoms with Crippen LogP contribution in [0.5, 0.6) is 0 Å². The van der Waals surface area contributed by atoms with Crippen LogP contribution in [-0.4, -0.2) is 21.7 Å². The Balaban J connectivity index is 1.42. The Labute approximate surface area is 113 Å². The first-order valence-electron chi connectivity index (χ1n) is 7.06. The van der Waals surface area contributed by atoms with E-state index in [9.17, 15) is 0 Å². The molecule has 0 spiro atoms. The van der Waals surface area contributed by atoms with Gasteiger partial charge in [0.05, 0.1) is 0 Å². The summed E-state index contributed by atoms with van der Waals surface area (Å²) in [6.07, 6.45) is 6.33. The minimum Gasteiger partial charge on any atom is -0.313 e. The van der Waals surface area contributed by atoms with Crippen molar-refractivity contribution in [1.29, 1.82) is 0 Å². The van der Waals surface area contributed by atoms with E-state index in [-0.39, 0.29) is 0 Å². The highest BCUT2D eigenvalue weighted by atomic mass is 15.2. The average molecular weight is 256 g/mol. The largest absolute Gasteiger partial charge is 0.313 e. The molecule has 1 fully saturated rings. The van der Waals surface area contributed by atoms with Crippen LogP contribution < -0.4 is 5.32 Å². The molecule has 0 aliphatic heterocycles. The van der Waals surface area contributed by atoms with Gasteiger partial charge in [0.1, 0.15) is 12.2 Å². The maximum absolute atomic E-state index is 4.12. The molecule has 0 radical (unpaired) electrons. The Morgan fingerprint density at radius 2 is 2.16 bits per heavy atom. The van der Waals surface area contributed by atoms with E-state index in [2.05, 4.69) is 44.8 Å². The lowest BCUT2D eigenvalue weighted by Crippen LogP contribution is -2.16. The highest BCUT2D eigenvalue weighted by Crippen LogP contribution is 2.41. The van der Waals surface area contributed by atoms with E-state index in [1.165, 1.54) is 18.4 Å². The summed E-state index contributed by atoms with van der Waals surface area (Å²) in [5.41, 5.74) is 3.01. The van der Waals surface area contributed by atoms with E-state index < -0.39 is 0 Å². The third-order valence-electron chi connectivity index (χ3n) is 3.62. The van der Waals surface area contributed by atoms with Crippen LogP contribution >= 0.6 is 0 Å². The standard InChI is InChI=1S/C15H20N4/c1-2-5-14(12-7-8-12)13(4-1)10-16-9-3-6-15-17-11-18-19-15/h1-2,4-5,11-12,16H,3,6-10H2,(H,17,18,19). The SMILES string of the molecule is c1ccc(C2CC2)c(CNCCCc2ncn[nH]2)c1. The van der Waals surface area contributed by atoms with E-state index in [1.807, 2.05) is 0 Å². The topological polar surface area (TPSA) is 53.6 Å². The number of hydrogen-bond acceptors (Lipinski definition) is 3. The number of aryl methyl sites for hydroxylation is 1. The van der Waals surface area contributed by atoms with Gasteiger partial charge in [0.15, 0.2) is 0 Å². The van der Waals surface area contributed by atoms with Gasteiger partial charge in [0.25, 0.3) is 0 Å². The second-order valence-corrected chi connectivity index (χ2v) is 5.19. The highest BCUT2D eigenvalue weighted by Gasteiger charge is 2.25. The number of aromatic amines is 1. The normalized spacial score (nSPS) is 14.7. The van der Waals surface area contributed by atoms with E-state index >= 15 is 0 Å². The molecule has 1 heterocycles. The zero-order valence-corrected chi connectivity index (χ0v) is 11.1. The molecular formula is C15H20N4. The molecule has 1 saturated carbocycles. The molecule has 4 nitrogen and oxygen atoms in total. The van der Waals surface area contributed by atoms with Crippen molar-refractivity contribution in [2.24, 2.45) is 0 Å². The molecule has 0 bridgehead atoms. The van der Waals surface area contributed by atoms with Crippen LogP contribution in [0.3, 0.4) is 0 Å². The summed E-state index contributed by atoms with van der Waals surface area (Å²) in [5, 5.41) is 10.3. The highest BCUT2D eigenvalue weighted by molar-refractivity contribution is 5.33. The summed E-state index contributed by atoms with van der Waals surface area (Å²) >= 11 is 0. The molecule has 2 N–H and O–H groups in total. The molecule has 1 aromatic carbocycles. The number of H-pyrrole nitrogens is 1. The van der Waals surface area contributed by atoms with E-state index in [4.69, 9.17) is 0 Å². The summed E-state index contributed by atoms with van der Waals surface area (Å²) in [7, 11) is 0. The van der Waals surface area contributed by atoms with Crippen molar-refractivity contribution in [3.8, 4) is 0 Å². The maximum atomic E-state index is 4.12. The van der Waals surface area contributed by atoms with Gasteiger partial charge in [0, 0.05) is 13.0 Å². The summed E-state index contributed by atoms with van der Waals surface area (Å²) in [4.78, 5) is 4.12. The molecule has 1 aliphatic rings. The summed E-state index contributed by atoms with van der Waals surface area (Å²) in [6.45, 7) is 1.99. The number of aromatic nitrogens is 3. The second kappa shape index (κ2) is 5.97. The molecule has 19 heavy (non-hydrogen) atoms. The van der Waals surface area contributed by atoms with Crippen LogP contribution in [0.1, 0.15) is 42.1 Å². The van der Waals surface area contributed by atoms with Gasteiger partial charge in [-0.1, -0.05) is 24.3 Å². The molecule has 100 valence electrons. The molecule has 0 atom stereocenters. The fourth-order valence-electron chi connectivity index (χ4n) is 2.44. The first kappa shape index (κ1) is 12.4. The Kier molecular flexibility index (Phi) is 3.89. The van der Waals surface area contributed by atoms with Crippen molar-refractivity contribution in [2.75, 3.05) is 6.54 Å². The summed E-state index contributed by atoms with van der Waals surface area (Å²) in [6, 6.07) is 8.82. The Morgan fingerprint density at radius 3 is 2.95 bits per heavy atom. The van der Waals surface area contributed by atoms with Gasteiger partial charge in [-0.2, -0.15) is 5.10 Å². The number of nitrogens with one attached hydrogen (secondary N) is 2. The lowest BCUT2D eigenvalue weighted by molar-refractivity contribution is 0.637. The fourth-order valence-corrected chi connectivity index (χ4v) is 2.44. The van der Waals surface area contributed by atoms with Gasteiger partial charge in [-0.15, -0.1) is 0 Å². The monoisotopic (exact) mass is 256 g/mol. The van der Waals surface area contributed by atoms with Gasteiger partial charge in [-0.25, -0.2) is 4.98 Å². The number of rotatable bonds is 7. The van der Waals surface area contributed by atoms with E-state index in [1.54, 1.807) is 11.9 Å². The Bertz CT molecular complexity index is 503. The van der Waals surface area contributed by atoms with Crippen molar-refractivity contribution in [3.63, 3.8) is 0 Å². The van der Waals surface area contributed by atoms with Gasteiger partial charge in [0.2, 0.25) is 0 Å². The molecular weight excluding hydrogens is 236 g/mol. The zero-order valence-electron chi connectivity index (χ0n) is 11.1. The van der Waals surface area contributed by atoms with Crippen molar-refractivity contribution >= 4 is 0 Å². The third kappa shape index (κ3) is 3.41. The molecule has 2 aromatic rings. The van der Waals surface area contributed by atoms with Crippen molar-refractivity contribution in [2.45, 2.75) is 38.1 Å². The summed E-state index contributed by atoms with van der Waals surface area (Å²) in [5.74, 6) is 1.80. The minimum absolute atomic E-state index is 0.826. The van der Waals surface area contributed by atoms with Gasteiger partial charge < -0.3 is 5.32 Å². The van der Waals surface area contributed by atoms with Crippen molar-refractivity contribution < 1.29 is 0 Å². The van der Waals surface area contributed by atoms with Gasteiger partial charge in [-0.05, 0) is 42.9 Å². The molecule has 0 unspecified atom stereocenters. The zero-order chi connectivity index (χ0) is 12.9. The van der Waals surface area contributed by atoms with Crippen LogP contribution in [0.2, 0.25) is 0 Å². The smallest absolute Gasteiger partial charge is 0.137 e. The lowest BCUT2D eigenvalue weighted by Gasteiger charge is -2.09. The fraction of sp³-hybridized carbons (Fsp3) is 0.467. The number of hydrogen-bond donors (Lipinski definition) is 2. The molecule has 1 aromatic heterocycles. The predicted octanol–water partition coefficient (Wildman–Crippen LogP) is 2.40. The van der Waals surface area contributed by atoms with Crippen molar-refractivity contribution in [1.82, 2.24) is 20.5 Å². The first-order valence-corrected chi connectivity index (χ1v) is 7.06. The lowest BCUT2D eigenvalue weighted by atomic mass is 10.0. The maximum Gasteiger partial charge on any atom is 0.137 e. The second-order valence-electron chi connectivity index (χ2n) is 5.19. The van der Waals surface area contributed by atoms with Crippen molar-refractivity contribution in [3.05, 3.63) is 47.5 Å². The van der Waals surface area contributed by atoms with Gasteiger partial charge >= 0.3 is 0 Å². The molecule has 3 rings (SSSR count). The van der Waals surface area contributed by atoms with Gasteiger partial charge in [-0.3, -0.25) is 5.10 Å². The first-order chi connectivity index (χ1) is 9.43. The Hall–Kier alpha value is -1.68. The summed E-state index contributed by atoms with van der Waals surface area (Å²) < 4.78 is 0. The van der Waals surface area contributed by atoms with E-state index in [0.29, 0.717) is 0 Å². The van der Waals surface area contributed by atoms with Crippen LogP contribution in [0, 0.1) is 0 Å². The van der Waals surface area contributed by atoms with E-state index in [0.717, 1.165) is 37.7 Å². The third-order valence-corrected chi connectivity index (χ3v) is 3.62. The average Bonchev–Trinajstić information content (AvgIpc) is 3.16. The van der Waals surface area contributed by atoms with Crippen LogP contribution in [0.25, 0.3) is 0 Å². The number of benzene rings is 1. The molecule has 4 heteroatoms. The number of nitrogens with zero attached hydrogens (tertiary/aromatic N) is 2. The van der Waals surface area contributed by atoms with Crippen LogP contribution in [-0.2, 0) is 13.0 Å². The van der Waals surface area contributed by atoms with Crippen LogP contribution in [0.15, 0.2) is 30.6 Å². The minimum atomic E-state index is 0.826.